The zero-order valence-electron chi connectivity index (χ0n) is 10.6. The number of rotatable bonds is 6. The van der Waals surface area contributed by atoms with Crippen LogP contribution in [0.5, 0.6) is 5.75 Å². The molecule has 0 aromatic heterocycles. The molecule has 0 fully saturated rings. The van der Waals surface area contributed by atoms with Crippen molar-refractivity contribution in [2.75, 3.05) is 12.9 Å². The molecule has 0 saturated heterocycles. The molecule has 1 N–H and O–H groups in total. The van der Waals surface area contributed by atoms with Gasteiger partial charge in [0.1, 0.15) is 0 Å². The van der Waals surface area contributed by atoms with Crippen molar-refractivity contribution in [2.24, 2.45) is 5.92 Å². The summed E-state index contributed by atoms with van der Waals surface area (Å²) in [6.45, 7) is 1.31. The third-order valence-corrected chi connectivity index (χ3v) is 4.31. The Bertz CT molecular complexity index is 567. The quantitative estimate of drug-likeness (QED) is 0.858. The fraction of sp³-hybridized carbons (Fsp3) is 0.417. The molecule has 0 amide bonds. The summed E-state index contributed by atoms with van der Waals surface area (Å²) in [7, 11) is -2.29. The van der Waals surface area contributed by atoms with E-state index in [1.54, 1.807) is 0 Å². The van der Waals surface area contributed by atoms with E-state index in [0.717, 1.165) is 6.07 Å². The average Bonchev–Trinajstić information content (AvgIpc) is 2.27. The molecule has 0 spiro atoms. The lowest BCUT2D eigenvalue weighted by atomic mass is 10.2. The van der Waals surface area contributed by atoms with Crippen LogP contribution in [0.1, 0.15) is 12.5 Å². The van der Waals surface area contributed by atoms with Crippen molar-refractivity contribution in [3.8, 4) is 5.75 Å². The molecular formula is C12H15FO5S. The second-order valence-corrected chi connectivity index (χ2v) is 6.37. The van der Waals surface area contributed by atoms with Gasteiger partial charge in [-0.1, -0.05) is 13.0 Å². The summed E-state index contributed by atoms with van der Waals surface area (Å²) in [6.07, 6.45) is 0. The van der Waals surface area contributed by atoms with Gasteiger partial charge in [0.2, 0.25) is 0 Å². The standard InChI is InChI=1S/C12H15FO5S/c1-8(12(14)15)6-19(16,17)7-9-3-4-11(18-2)10(13)5-9/h3-5,8H,6-7H2,1-2H3,(H,14,15). The largest absolute Gasteiger partial charge is 0.494 e. The Morgan fingerprint density at radius 1 is 1.47 bits per heavy atom. The zero-order valence-corrected chi connectivity index (χ0v) is 11.4. The average molecular weight is 290 g/mol. The number of hydrogen-bond donors (Lipinski definition) is 1. The first kappa shape index (κ1) is 15.4. The highest BCUT2D eigenvalue weighted by Crippen LogP contribution is 2.19. The summed E-state index contributed by atoms with van der Waals surface area (Å²) in [5.41, 5.74) is 0.260. The predicted octanol–water partition coefficient (Wildman–Crippen LogP) is 1.47. The first-order valence-electron chi connectivity index (χ1n) is 5.51. The van der Waals surface area contributed by atoms with E-state index < -0.39 is 39.0 Å². The minimum absolute atomic E-state index is 0.0278. The maximum atomic E-state index is 13.4. The van der Waals surface area contributed by atoms with Crippen LogP contribution >= 0.6 is 0 Å². The minimum Gasteiger partial charge on any atom is -0.494 e. The molecule has 7 heteroatoms. The van der Waals surface area contributed by atoms with Crippen LogP contribution in [0.25, 0.3) is 0 Å². The van der Waals surface area contributed by atoms with Gasteiger partial charge in [0, 0.05) is 0 Å². The summed E-state index contributed by atoms with van der Waals surface area (Å²) < 4.78 is 41.7. The van der Waals surface area contributed by atoms with E-state index in [1.807, 2.05) is 0 Å². The minimum atomic E-state index is -3.60. The van der Waals surface area contributed by atoms with Gasteiger partial charge in [-0.2, -0.15) is 0 Å². The third kappa shape index (κ3) is 4.51. The van der Waals surface area contributed by atoms with Gasteiger partial charge < -0.3 is 9.84 Å². The normalized spacial score (nSPS) is 13.0. The Hall–Kier alpha value is -1.63. The van der Waals surface area contributed by atoms with Crippen LogP contribution in [-0.2, 0) is 20.4 Å². The second kappa shape index (κ2) is 6.01. The van der Waals surface area contributed by atoms with Gasteiger partial charge in [-0.25, -0.2) is 12.8 Å². The van der Waals surface area contributed by atoms with E-state index in [-0.39, 0.29) is 11.3 Å². The molecule has 1 aromatic carbocycles. The van der Waals surface area contributed by atoms with E-state index >= 15 is 0 Å². The summed E-state index contributed by atoms with van der Waals surface area (Å²) in [5, 5.41) is 8.68. The van der Waals surface area contributed by atoms with Gasteiger partial charge >= 0.3 is 5.97 Å². The number of carboxylic acid groups (broad SMARTS) is 1. The fourth-order valence-corrected chi connectivity index (χ4v) is 3.27. The zero-order chi connectivity index (χ0) is 14.6. The third-order valence-electron chi connectivity index (χ3n) is 2.53. The Morgan fingerprint density at radius 2 is 2.11 bits per heavy atom. The van der Waals surface area contributed by atoms with Gasteiger partial charge in [0.05, 0.1) is 24.5 Å². The lowest BCUT2D eigenvalue weighted by Gasteiger charge is -2.09. The molecule has 1 rings (SSSR count). The van der Waals surface area contributed by atoms with E-state index in [9.17, 15) is 17.6 Å². The molecule has 1 aromatic rings. The van der Waals surface area contributed by atoms with Gasteiger partial charge in [0.25, 0.3) is 0 Å². The van der Waals surface area contributed by atoms with Gasteiger partial charge in [-0.3, -0.25) is 4.79 Å². The summed E-state index contributed by atoms with van der Waals surface area (Å²) >= 11 is 0. The molecule has 0 radical (unpaired) electrons. The monoisotopic (exact) mass is 290 g/mol. The van der Waals surface area contributed by atoms with Crippen molar-refractivity contribution in [3.63, 3.8) is 0 Å². The van der Waals surface area contributed by atoms with Crippen LogP contribution in [0.3, 0.4) is 0 Å². The molecule has 0 aliphatic carbocycles. The van der Waals surface area contributed by atoms with Crippen LogP contribution in [0.15, 0.2) is 18.2 Å². The van der Waals surface area contributed by atoms with Crippen molar-refractivity contribution < 1.29 is 27.4 Å². The molecule has 1 unspecified atom stereocenters. The van der Waals surface area contributed by atoms with Crippen molar-refractivity contribution in [1.29, 1.82) is 0 Å². The number of carboxylic acids is 1. The molecule has 19 heavy (non-hydrogen) atoms. The van der Waals surface area contributed by atoms with Crippen molar-refractivity contribution in [3.05, 3.63) is 29.6 Å². The van der Waals surface area contributed by atoms with E-state index in [2.05, 4.69) is 0 Å². The SMILES string of the molecule is COc1ccc(CS(=O)(=O)CC(C)C(=O)O)cc1F. The molecular weight excluding hydrogens is 275 g/mol. The number of methoxy groups -OCH3 is 1. The van der Waals surface area contributed by atoms with Crippen LogP contribution in [0.2, 0.25) is 0 Å². The molecule has 0 saturated carbocycles. The first-order chi connectivity index (χ1) is 8.75. The van der Waals surface area contributed by atoms with Crippen molar-refractivity contribution in [2.45, 2.75) is 12.7 Å². The highest BCUT2D eigenvalue weighted by molar-refractivity contribution is 7.90. The molecule has 1 atom stereocenters. The van der Waals surface area contributed by atoms with E-state index in [1.165, 1.54) is 26.2 Å². The maximum Gasteiger partial charge on any atom is 0.307 e. The number of sulfone groups is 1. The number of aliphatic carboxylic acids is 1. The van der Waals surface area contributed by atoms with Crippen LogP contribution in [-0.4, -0.2) is 32.4 Å². The van der Waals surface area contributed by atoms with Crippen molar-refractivity contribution >= 4 is 15.8 Å². The summed E-state index contributed by atoms with van der Waals surface area (Å²) in [4.78, 5) is 10.6. The predicted molar refractivity (Wildman–Crippen MR) is 67.2 cm³/mol. The van der Waals surface area contributed by atoms with E-state index in [4.69, 9.17) is 9.84 Å². The smallest absolute Gasteiger partial charge is 0.307 e. The van der Waals surface area contributed by atoms with Crippen LogP contribution < -0.4 is 4.74 Å². The lowest BCUT2D eigenvalue weighted by Crippen LogP contribution is -2.22. The van der Waals surface area contributed by atoms with Crippen molar-refractivity contribution in [1.82, 2.24) is 0 Å². The Morgan fingerprint density at radius 3 is 2.58 bits per heavy atom. The number of ether oxygens (including phenoxy) is 1. The molecule has 5 nitrogen and oxygen atoms in total. The summed E-state index contributed by atoms with van der Waals surface area (Å²) in [5.74, 6) is -3.67. The Balaban J connectivity index is 2.84. The van der Waals surface area contributed by atoms with Crippen LogP contribution in [0.4, 0.5) is 4.39 Å². The van der Waals surface area contributed by atoms with Gasteiger partial charge in [0.15, 0.2) is 21.4 Å². The number of carbonyl (C=O) groups is 1. The van der Waals surface area contributed by atoms with E-state index in [0.29, 0.717) is 0 Å². The Labute approximate surface area is 110 Å². The highest BCUT2D eigenvalue weighted by Gasteiger charge is 2.21. The second-order valence-electron chi connectivity index (χ2n) is 4.26. The Kier molecular flexibility index (Phi) is 4.88. The molecule has 106 valence electrons. The van der Waals surface area contributed by atoms with Gasteiger partial charge in [-0.15, -0.1) is 0 Å². The fourth-order valence-electron chi connectivity index (χ4n) is 1.56. The highest BCUT2D eigenvalue weighted by atomic mass is 32.2. The molecule has 0 aliphatic rings. The number of hydrogen-bond acceptors (Lipinski definition) is 4. The molecule has 0 bridgehead atoms. The molecule has 0 aliphatic heterocycles. The number of benzene rings is 1. The van der Waals surface area contributed by atoms with Crippen LogP contribution in [0, 0.1) is 11.7 Å². The first-order valence-corrected chi connectivity index (χ1v) is 7.33. The topological polar surface area (TPSA) is 80.7 Å². The van der Waals surface area contributed by atoms with Gasteiger partial charge in [-0.05, 0) is 17.7 Å². The number of halogens is 1. The summed E-state index contributed by atoms with van der Waals surface area (Å²) in [6, 6.07) is 3.84. The maximum absolute atomic E-state index is 13.4. The molecule has 0 heterocycles. The lowest BCUT2D eigenvalue weighted by molar-refractivity contribution is -0.140.